The molecule has 0 amide bonds. The zero-order valence-corrected chi connectivity index (χ0v) is 10.4. The molecule has 1 N–H and O–H groups in total. The lowest BCUT2D eigenvalue weighted by molar-refractivity contribution is 0.733. The summed E-state index contributed by atoms with van der Waals surface area (Å²) in [5, 5.41) is 18.5. The number of aromatic nitrogens is 7. The Morgan fingerprint density at radius 2 is 2.10 bits per heavy atom. The standard InChI is InChI=1S/C12H10N8/c1-2-6-19-8-9(14-11(19)3-1)7-13-10-4-5-12-15-17-18-20(12)16-10/h1-6,8H,7H2,(H,13,16). The van der Waals surface area contributed by atoms with Gasteiger partial charge in [-0.05, 0) is 34.7 Å². The van der Waals surface area contributed by atoms with Gasteiger partial charge in [0.05, 0.1) is 12.2 Å². The largest absolute Gasteiger partial charge is 0.363 e. The lowest BCUT2D eigenvalue weighted by Crippen LogP contribution is -2.04. The minimum atomic E-state index is 0.586. The van der Waals surface area contributed by atoms with Gasteiger partial charge < -0.3 is 9.72 Å². The molecule has 8 heteroatoms. The lowest BCUT2D eigenvalue weighted by Gasteiger charge is -2.02. The number of hydrogen-bond acceptors (Lipinski definition) is 6. The average Bonchev–Trinajstić information content (AvgIpc) is 3.10. The van der Waals surface area contributed by atoms with E-state index in [9.17, 15) is 0 Å². The zero-order valence-electron chi connectivity index (χ0n) is 10.4. The summed E-state index contributed by atoms with van der Waals surface area (Å²) in [4.78, 5) is 4.51. The van der Waals surface area contributed by atoms with Gasteiger partial charge in [-0.15, -0.1) is 14.8 Å². The minimum absolute atomic E-state index is 0.586. The molecule has 0 bridgehead atoms. The Balaban J connectivity index is 1.56. The Morgan fingerprint density at radius 1 is 1.10 bits per heavy atom. The van der Waals surface area contributed by atoms with Gasteiger partial charge >= 0.3 is 0 Å². The Bertz CT molecular complexity index is 842. The molecule has 0 unspecified atom stereocenters. The first-order chi connectivity index (χ1) is 9.88. The molecule has 0 atom stereocenters. The highest BCUT2D eigenvalue weighted by Crippen LogP contribution is 2.08. The lowest BCUT2D eigenvalue weighted by atomic mass is 10.4. The summed E-state index contributed by atoms with van der Waals surface area (Å²) in [5.41, 5.74) is 2.48. The van der Waals surface area contributed by atoms with Crippen molar-refractivity contribution in [1.29, 1.82) is 0 Å². The summed E-state index contributed by atoms with van der Waals surface area (Å²) in [6.07, 6.45) is 3.95. The summed E-state index contributed by atoms with van der Waals surface area (Å²) >= 11 is 0. The number of imidazole rings is 1. The van der Waals surface area contributed by atoms with Crippen LogP contribution in [0.2, 0.25) is 0 Å². The van der Waals surface area contributed by atoms with Crippen molar-refractivity contribution in [2.75, 3.05) is 5.32 Å². The van der Waals surface area contributed by atoms with E-state index < -0.39 is 0 Å². The van der Waals surface area contributed by atoms with Crippen LogP contribution in [-0.4, -0.2) is 34.6 Å². The normalized spacial score (nSPS) is 11.2. The van der Waals surface area contributed by atoms with E-state index in [1.54, 1.807) is 6.07 Å². The molecule has 0 radical (unpaired) electrons. The Kier molecular flexibility index (Phi) is 2.31. The van der Waals surface area contributed by atoms with Crippen LogP contribution in [0.15, 0.2) is 42.7 Å². The molecule has 0 saturated heterocycles. The predicted octanol–water partition coefficient (Wildman–Crippen LogP) is 0.779. The third-order valence-corrected chi connectivity index (χ3v) is 2.93. The van der Waals surface area contributed by atoms with Crippen LogP contribution in [0, 0.1) is 0 Å². The molecule has 4 rings (SSSR count). The van der Waals surface area contributed by atoms with Crippen molar-refractivity contribution in [2.24, 2.45) is 0 Å². The molecular weight excluding hydrogens is 256 g/mol. The smallest absolute Gasteiger partial charge is 0.200 e. The van der Waals surface area contributed by atoms with E-state index in [0.29, 0.717) is 18.0 Å². The van der Waals surface area contributed by atoms with Gasteiger partial charge in [0.25, 0.3) is 0 Å². The van der Waals surface area contributed by atoms with E-state index in [-0.39, 0.29) is 0 Å². The van der Waals surface area contributed by atoms with Gasteiger partial charge in [-0.2, -0.15) is 0 Å². The SMILES string of the molecule is c1ccn2cc(CNc3ccc4nnnn4n3)nc2c1. The third kappa shape index (κ3) is 1.83. The molecule has 0 aromatic carbocycles. The van der Waals surface area contributed by atoms with Gasteiger partial charge in [-0.25, -0.2) is 4.98 Å². The molecule has 98 valence electrons. The Morgan fingerprint density at radius 3 is 3.05 bits per heavy atom. The van der Waals surface area contributed by atoms with Gasteiger partial charge in [0, 0.05) is 12.4 Å². The molecular formula is C12H10N8. The fourth-order valence-corrected chi connectivity index (χ4v) is 2.00. The fraction of sp³-hybridized carbons (Fsp3) is 0.0833. The van der Waals surface area contributed by atoms with Crippen LogP contribution in [-0.2, 0) is 6.54 Å². The number of fused-ring (bicyclic) bond motifs is 2. The van der Waals surface area contributed by atoms with Gasteiger partial charge in [0.1, 0.15) is 11.5 Å². The number of tetrazole rings is 1. The maximum atomic E-state index is 4.51. The molecule has 0 aliphatic carbocycles. The van der Waals surface area contributed by atoms with E-state index in [4.69, 9.17) is 0 Å². The first-order valence-corrected chi connectivity index (χ1v) is 6.10. The average molecular weight is 266 g/mol. The number of anilines is 1. The van der Waals surface area contributed by atoms with Crippen molar-refractivity contribution in [3.8, 4) is 0 Å². The highest BCUT2D eigenvalue weighted by Gasteiger charge is 2.03. The van der Waals surface area contributed by atoms with Crippen LogP contribution in [0.3, 0.4) is 0 Å². The predicted molar refractivity (Wildman–Crippen MR) is 71.1 cm³/mol. The monoisotopic (exact) mass is 266 g/mol. The van der Waals surface area contributed by atoms with Crippen molar-refractivity contribution in [1.82, 2.24) is 34.6 Å². The molecule has 4 heterocycles. The maximum Gasteiger partial charge on any atom is 0.200 e. The van der Waals surface area contributed by atoms with Crippen LogP contribution < -0.4 is 5.32 Å². The fourth-order valence-electron chi connectivity index (χ4n) is 2.00. The molecule has 8 nitrogen and oxygen atoms in total. The third-order valence-electron chi connectivity index (χ3n) is 2.93. The van der Waals surface area contributed by atoms with E-state index in [1.165, 1.54) is 4.63 Å². The highest BCUT2D eigenvalue weighted by atomic mass is 15.6. The molecule has 20 heavy (non-hydrogen) atoms. The van der Waals surface area contributed by atoms with Crippen LogP contribution in [0.4, 0.5) is 5.82 Å². The second-order valence-corrected chi connectivity index (χ2v) is 4.30. The molecule has 0 aliphatic rings. The van der Waals surface area contributed by atoms with E-state index in [2.05, 4.69) is 30.9 Å². The molecule has 0 aliphatic heterocycles. The second kappa shape index (κ2) is 4.26. The first-order valence-electron chi connectivity index (χ1n) is 6.10. The Labute approximate surface area is 113 Å². The van der Waals surface area contributed by atoms with Crippen molar-refractivity contribution < 1.29 is 0 Å². The van der Waals surface area contributed by atoms with Crippen LogP contribution in [0.5, 0.6) is 0 Å². The number of nitrogens with one attached hydrogen (secondary N) is 1. The summed E-state index contributed by atoms with van der Waals surface area (Å²) < 4.78 is 3.36. The molecule has 4 aromatic rings. The maximum absolute atomic E-state index is 4.51. The number of nitrogens with zero attached hydrogens (tertiary/aromatic N) is 7. The molecule has 0 fully saturated rings. The molecule has 0 saturated carbocycles. The van der Waals surface area contributed by atoms with Crippen LogP contribution >= 0.6 is 0 Å². The van der Waals surface area contributed by atoms with E-state index in [0.717, 1.165) is 11.3 Å². The van der Waals surface area contributed by atoms with Crippen molar-refractivity contribution >= 4 is 17.1 Å². The molecule has 0 spiro atoms. The number of hydrogen-bond donors (Lipinski definition) is 1. The van der Waals surface area contributed by atoms with E-state index in [1.807, 2.05) is 41.1 Å². The first kappa shape index (κ1) is 10.9. The number of pyridine rings is 1. The highest BCUT2D eigenvalue weighted by molar-refractivity contribution is 5.43. The Hall–Kier alpha value is -3.03. The summed E-state index contributed by atoms with van der Waals surface area (Å²) in [5.74, 6) is 0.696. The van der Waals surface area contributed by atoms with Crippen molar-refractivity contribution in [3.63, 3.8) is 0 Å². The quantitative estimate of drug-likeness (QED) is 0.589. The van der Waals surface area contributed by atoms with Gasteiger partial charge in [0.15, 0.2) is 5.65 Å². The summed E-state index contributed by atoms with van der Waals surface area (Å²) in [6.45, 7) is 0.586. The van der Waals surface area contributed by atoms with Crippen LogP contribution in [0.25, 0.3) is 11.3 Å². The zero-order chi connectivity index (χ0) is 13.4. The number of rotatable bonds is 3. The van der Waals surface area contributed by atoms with Crippen LogP contribution in [0.1, 0.15) is 5.69 Å². The van der Waals surface area contributed by atoms with Gasteiger partial charge in [-0.1, -0.05) is 6.07 Å². The second-order valence-electron chi connectivity index (χ2n) is 4.30. The minimum Gasteiger partial charge on any atom is -0.363 e. The van der Waals surface area contributed by atoms with Gasteiger partial charge in [-0.3, -0.25) is 0 Å². The van der Waals surface area contributed by atoms with Crippen molar-refractivity contribution in [3.05, 3.63) is 48.4 Å². The molecule has 4 aromatic heterocycles. The van der Waals surface area contributed by atoms with E-state index >= 15 is 0 Å². The van der Waals surface area contributed by atoms with Crippen molar-refractivity contribution in [2.45, 2.75) is 6.54 Å². The summed E-state index contributed by atoms with van der Waals surface area (Å²) in [7, 11) is 0. The summed E-state index contributed by atoms with van der Waals surface area (Å²) in [6, 6.07) is 9.54. The topological polar surface area (TPSA) is 85.3 Å². The van der Waals surface area contributed by atoms with Gasteiger partial charge in [0.2, 0.25) is 0 Å².